The number of hydrogen-bond donors (Lipinski definition) is 2. The minimum atomic E-state index is -0.341. The van der Waals surface area contributed by atoms with Crippen LogP contribution >= 0.6 is 0 Å². The van der Waals surface area contributed by atoms with Crippen molar-refractivity contribution in [3.63, 3.8) is 0 Å². The standard InChI is InChI=1S/C17H17N3O3/c21-15-7-6-13(11-18-15)16(22)19-14-5-3-4-12(10-14)17(23)20-8-1-2-9-20/h3-7,10-11H,1-2,8-9H2,(H,18,21)(H,19,22). The van der Waals surface area contributed by atoms with Crippen LogP contribution in [0.4, 0.5) is 5.69 Å². The van der Waals surface area contributed by atoms with Crippen LogP contribution in [0, 0.1) is 0 Å². The average Bonchev–Trinajstić information content (AvgIpc) is 3.09. The second-order valence-corrected chi connectivity index (χ2v) is 5.48. The number of carbonyl (C=O) groups excluding carboxylic acids is 2. The van der Waals surface area contributed by atoms with Crippen molar-refractivity contribution in [1.29, 1.82) is 0 Å². The summed E-state index contributed by atoms with van der Waals surface area (Å²) in [6, 6.07) is 9.63. The van der Waals surface area contributed by atoms with E-state index in [4.69, 9.17) is 0 Å². The summed E-state index contributed by atoms with van der Waals surface area (Å²) in [5.74, 6) is -0.352. The highest BCUT2D eigenvalue weighted by atomic mass is 16.2. The normalized spacial score (nSPS) is 13.8. The van der Waals surface area contributed by atoms with Gasteiger partial charge in [0.2, 0.25) is 5.56 Å². The Morgan fingerprint density at radius 2 is 1.83 bits per heavy atom. The fourth-order valence-electron chi connectivity index (χ4n) is 2.59. The third-order valence-corrected chi connectivity index (χ3v) is 3.81. The Hall–Kier alpha value is -2.89. The summed E-state index contributed by atoms with van der Waals surface area (Å²) in [4.78, 5) is 39.8. The van der Waals surface area contributed by atoms with E-state index in [0.717, 1.165) is 25.9 Å². The summed E-state index contributed by atoms with van der Waals surface area (Å²) in [6.07, 6.45) is 3.43. The molecule has 0 atom stereocenters. The van der Waals surface area contributed by atoms with Gasteiger partial charge in [0, 0.05) is 36.6 Å². The Bertz CT molecular complexity index is 771. The van der Waals surface area contributed by atoms with Gasteiger partial charge in [-0.1, -0.05) is 6.07 Å². The number of likely N-dealkylation sites (tertiary alicyclic amines) is 1. The second-order valence-electron chi connectivity index (χ2n) is 5.48. The molecule has 1 aliphatic rings. The fourth-order valence-corrected chi connectivity index (χ4v) is 2.59. The van der Waals surface area contributed by atoms with Gasteiger partial charge in [0.25, 0.3) is 11.8 Å². The van der Waals surface area contributed by atoms with Crippen LogP contribution in [0.25, 0.3) is 0 Å². The molecule has 1 fully saturated rings. The van der Waals surface area contributed by atoms with Crippen molar-refractivity contribution in [3.8, 4) is 0 Å². The maximum absolute atomic E-state index is 12.4. The van der Waals surface area contributed by atoms with Gasteiger partial charge in [0.05, 0.1) is 5.56 Å². The molecule has 2 amide bonds. The summed E-state index contributed by atoms with van der Waals surface area (Å²) in [6.45, 7) is 1.57. The van der Waals surface area contributed by atoms with Gasteiger partial charge < -0.3 is 15.2 Å². The molecule has 23 heavy (non-hydrogen) atoms. The number of carbonyl (C=O) groups is 2. The Labute approximate surface area is 133 Å². The van der Waals surface area contributed by atoms with Gasteiger partial charge in [-0.05, 0) is 37.1 Å². The monoisotopic (exact) mass is 311 g/mol. The first-order valence-electron chi connectivity index (χ1n) is 7.53. The average molecular weight is 311 g/mol. The van der Waals surface area contributed by atoms with Crippen LogP contribution in [0.2, 0.25) is 0 Å². The van der Waals surface area contributed by atoms with Crippen LogP contribution in [0.3, 0.4) is 0 Å². The summed E-state index contributed by atoms with van der Waals surface area (Å²) >= 11 is 0. The van der Waals surface area contributed by atoms with E-state index in [1.54, 1.807) is 24.3 Å². The third-order valence-electron chi connectivity index (χ3n) is 3.81. The van der Waals surface area contributed by atoms with E-state index in [0.29, 0.717) is 16.8 Å². The Balaban J connectivity index is 1.74. The van der Waals surface area contributed by atoms with Crippen molar-refractivity contribution in [2.75, 3.05) is 18.4 Å². The maximum Gasteiger partial charge on any atom is 0.257 e. The molecule has 118 valence electrons. The van der Waals surface area contributed by atoms with Crippen molar-refractivity contribution in [2.45, 2.75) is 12.8 Å². The molecule has 1 aliphatic heterocycles. The van der Waals surface area contributed by atoms with Crippen molar-refractivity contribution >= 4 is 17.5 Å². The zero-order valence-corrected chi connectivity index (χ0v) is 12.5. The van der Waals surface area contributed by atoms with E-state index in [1.165, 1.54) is 18.3 Å². The highest BCUT2D eigenvalue weighted by Crippen LogP contribution is 2.16. The highest BCUT2D eigenvalue weighted by Gasteiger charge is 2.19. The van der Waals surface area contributed by atoms with Gasteiger partial charge in [-0.25, -0.2) is 0 Å². The highest BCUT2D eigenvalue weighted by molar-refractivity contribution is 6.04. The van der Waals surface area contributed by atoms with E-state index in [1.807, 2.05) is 4.90 Å². The molecule has 2 aromatic rings. The number of aromatic nitrogens is 1. The van der Waals surface area contributed by atoms with Crippen LogP contribution in [0.5, 0.6) is 0 Å². The topological polar surface area (TPSA) is 82.3 Å². The predicted molar refractivity (Wildman–Crippen MR) is 86.6 cm³/mol. The van der Waals surface area contributed by atoms with Gasteiger partial charge in [-0.2, -0.15) is 0 Å². The Kier molecular flexibility index (Phi) is 4.23. The number of nitrogens with zero attached hydrogens (tertiary/aromatic N) is 1. The largest absolute Gasteiger partial charge is 0.339 e. The van der Waals surface area contributed by atoms with Crippen LogP contribution in [-0.2, 0) is 0 Å². The first-order valence-corrected chi connectivity index (χ1v) is 7.53. The fraction of sp³-hybridized carbons (Fsp3) is 0.235. The van der Waals surface area contributed by atoms with Crippen molar-refractivity contribution in [2.24, 2.45) is 0 Å². The smallest absolute Gasteiger partial charge is 0.257 e. The SMILES string of the molecule is O=C(Nc1cccc(C(=O)N2CCCC2)c1)c1ccc(=O)[nH]c1. The molecule has 6 nitrogen and oxygen atoms in total. The minimum Gasteiger partial charge on any atom is -0.339 e. The minimum absolute atomic E-state index is 0.0114. The Morgan fingerprint density at radius 3 is 2.52 bits per heavy atom. The second kappa shape index (κ2) is 6.48. The van der Waals surface area contributed by atoms with Gasteiger partial charge in [-0.3, -0.25) is 14.4 Å². The lowest BCUT2D eigenvalue weighted by Gasteiger charge is -2.15. The number of nitrogens with one attached hydrogen (secondary N) is 2. The number of aromatic amines is 1. The van der Waals surface area contributed by atoms with E-state index in [-0.39, 0.29) is 17.4 Å². The summed E-state index contributed by atoms with van der Waals surface area (Å²) in [7, 11) is 0. The number of anilines is 1. The molecule has 2 N–H and O–H groups in total. The number of benzene rings is 1. The summed E-state index contributed by atoms with van der Waals surface area (Å²) in [5.41, 5.74) is 1.19. The number of hydrogen-bond acceptors (Lipinski definition) is 3. The number of H-pyrrole nitrogens is 1. The van der Waals surface area contributed by atoms with Crippen molar-refractivity contribution in [1.82, 2.24) is 9.88 Å². The van der Waals surface area contributed by atoms with Crippen LogP contribution in [0.1, 0.15) is 33.6 Å². The molecule has 1 aromatic carbocycles. The molecule has 0 bridgehead atoms. The molecule has 0 radical (unpaired) electrons. The van der Waals surface area contributed by atoms with Gasteiger partial charge >= 0.3 is 0 Å². The lowest BCUT2D eigenvalue weighted by molar-refractivity contribution is 0.0792. The molecule has 6 heteroatoms. The quantitative estimate of drug-likeness (QED) is 0.907. The molecule has 3 rings (SSSR count). The van der Waals surface area contributed by atoms with E-state index < -0.39 is 0 Å². The van der Waals surface area contributed by atoms with Crippen molar-refractivity contribution < 1.29 is 9.59 Å². The first kappa shape index (κ1) is 15.0. The van der Waals surface area contributed by atoms with E-state index in [9.17, 15) is 14.4 Å². The summed E-state index contributed by atoms with van der Waals surface area (Å²) < 4.78 is 0. The molecule has 0 saturated carbocycles. The molecular formula is C17H17N3O3. The lowest BCUT2D eigenvalue weighted by atomic mass is 10.1. The number of rotatable bonds is 3. The third kappa shape index (κ3) is 3.48. The molecular weight excluding hydrogens is 294 g/mol. The van der Waals surface area contributed by atoms with E-state index in [2.05, 4.69) is 10.3 Å². The maximum atomic E-state index is 12.4. The van der Waals surface area contributed by atoms with Gasteiger partial charge in [-0.15, -0.1) is 0 Å². The van der Waals surface area contributed by atoms with Crippen molar-refractivity contribution in [3.05, 3.63) is 64.1 Å². The first-order chi connectivity index (χ1) is 11.1. The predicted octanol–water partition coefficient (Wildman–Crippen LogP) is 1.86. The van der Waals surface area contributed by atoms with Crippen LogP contribution < -0.4 is 10.9 Å². The molecule has 1 saturated heterocycles. The molecule has 0 aliphatic carbocycles. The lowest BCUT2D eigenvalue weighted by Crippen LogP contribution is -2.27. The van der Waals surface area contributed by atoms with Gasteiger partial charge in [0.1, 0.15) is 0 Å². The zero-order valence-electron chi connectivity index (χ0n) is 12.5. The number of pyridine rings is 1. The van der Waals surface area contributed by atoms with E-state index >= 15 is 0 Å². The molecule has 0 unspecified atom stereocenters. The van der Waals surface area contributed by atoms with Gasteiger partial charge in [0.15, 0.2) is 0 Å². The molecule has 0 spiro atoms. The summed E-state index contributed by atoms with van der Waals surface area (Å²) in [5, 5.41) is 2.73. The molecule has 2 heterocycles. The Morgan fingerprint density at radius 1 is 1.04 bits per heavy atom. The number of amides is 2. The molecule has 1 aromatic heterocycles. The van der Waals surface area contributed by atoms with Crippen LogP contribution in [0.15, 0.2) is 47.4 Å². The van der Waals surface area contributed by atoms with Crippen LogP contribution in [-0.4, -0.2) is 34.8 Å². The zero-order chi connectivity index (χ0) is 16.2.